The lowest BCUT2D eigenvalue weighted by Gasteiger charge is -2.21. The molecule has 27 heavy (non-hydrogen) atoms. The Labute approximate surface area is 158 Å². The quantitative estimate of drug-likeness (QED) is 0.649. The van der Waals surface area contributed by atoms with Gasteiger partial charge in [-0.05, 0) is 12.8 Å². The molecule has 0 aliphatic rings. The molecule has 0 bridgehead atoms. The van der Waals surface area contributed by atoms with Crippen LogP contribution in [0.4, 0.5) is 13.2 Å². The molecular weight excluding hydrogens is 413 g/mol. The van der Waals surface area contributed by atoms with Crippen molar-refractivity contribution in [1.29, 1.82) is 0 Å². The van der Waals surface area contributed by atoms with Gasteiger partial charge in [0.05, 0.1) is 6.26 Å². The van der Waals surface area contributed by atoms with Crippen LogP contribution in [0.2, 0.25) is 0 Å². The molecule has 13 heteroatoms. The lowest BCUT2D eigenvalue weighted by Crippen LogP contribution is -2.45. The number of alkyl halides is 3. The van der Waals surface area contributed by atoms with Gasteiger partial charge in [-0.15, -0.1) is 0 Å². The van der Waals surface area contributed by atoms with Crippen molar-refractivity contribution < 1.29 is 39.6 Å². The Balaban J connectivity index is 0. The van der Waals surface area contributed by atoms with E-state index in [1.165, 1.54) is 13.8 Å². The van der Waals surface area contributed by atoms with Crippen LogP contribution in [-0.4, -0.2) is 40.4 Å². The van der Waals surface area contributed by atoms with Gasteiger partial charge in [0.25, 0.3) is 0 Å². The van der Waals surface area contributed by atoms with Gasteiger partial charge in [0.2, 0.25) is 21.8 Å². The van der Waals surface area contributed by atoms with Crippen LogP contribution in [0, 0.1) is 10.8 Å². The maximum absolute atomic E-state index is 11.9. The Morgan fingerprint density at radius 1 is 0.778 bits per heavy atom. The molecule has 2 N–H and O–H groups in total. The zero-order valence-corrected chi connectivity index (χ0v) is 17.9. The first-order valence-electron chi connectivity index (χ1n) is 7.78. The van der Waals surface area contributed by atoms with Crippen LogP contribution in [0.5, 0.6) is 0 Å². The van der Waals surface area contributed by atoms with Crippen LogP contribution in [0.15, 0.2) is 0 Å². The Morgan fingerprint density at radius 2 is 1.07 bits per heavy atom. The second-order valence-corrected chi connectivity index (χ2v) is 10.5. The summed E-state index contributed by atoms with van der Waals surface area (Å²) in [7, 11) is -9.01. The highest BCUT2D eigenvalue weighted by molar-refractivity contribution is 7.90. The minimum absolute atomic E-state index is 0.228. The number of nitrogens with one attached hydrogen (secondary N) is 2. The lowest BCUT2D eigenvalue weighted by molar-refractivity contribution is -0.128. The summed E-state index contributed by atoms with van der Waals surface area (Å²) < 4.78 is 81.1. The molecule has 2 amide bonds. The minimum Gasteiger partial charge on any atom is -0.273 e. The molecule has 0 saturated carbocycles. The van der Waals surface area contributed by atoms with E-state index < -0.39 is 48.2 Å². The predicted molar refractivity (Wildman–Crippen MR) is 94.2 cm³/mol. The van der Waals surface area contributed by atoms with Crippen LogP contribution >= 0.6 is 0 Å². The Bertz CT molecular complexity index is 741. The highest BCUT2D eigenvalue weighted by Gasteiger charge is 2.48. The summed E-state index contributed by atoms with van der Waals surface area (Å²) in [6, 6.07) is 0. The van der Waals surface area contributed by atoms with Crippen molar-refractivity contribution in [3.05, 3.63) is 0 Å². The van der Waals surface area contributed by atoms with E-state index in [1.807, 2.05) is 11.6 Å². The zero-order valence-electron chi connectivity index (χ0n) is 16.3. The summed E-state index contributed by atoms with van der Waals surface area (Å²) in [4.78, 5) is 22.4. The van der Waals surface area contributed by atoms with Crippen LogP contribution in [0.1, 0.15) is 54.4 Å². The smallest absolute Gasteiger partial charge is 0.273 e. The number of hydrogen-bond acceptors (Lipinski definition) is 6. The van der Waals surface area contributed by atoms with Gasteiger partial charge in [-0.25, -0.2) is 13.1 Å². The molecule has 0 aliphatic heterocycles. The summed E-state index contributed by atoms with van der Waals surface area (Å²) in [5.41, 5.74) is -7.24. The summed E-state index contributed by atoms with van der Waals surface area (Å²) in [5, 5.41) is 0. The summed E-state index contributed by atoms with van der Waals surface area (Å²) in [5.74, 6) is -1.62. The first-order chi connectivity index (χ1) is 11.6. The van der Waals surface area contributed by atoms with E-state index >= 15 is 0 Å². The topological polar surface area (TPSA) is 126 Å². The Kier molecular flexibility index (Phi) is 9.50. The second-order valence-electron chi connectivity index (χ2n) is 7.06. The normalized spacial score (nSPS) is 13.3. The van der Waals surface area contributed by atoms with Gasteiger partial charge in [0.1, 0.15) is 0 Å². The molecule has 0 saturated heterocycles. The summed E-state index contributed by atoms with van der Waals surface area (Å²) in [6.45, 7) is 9.52. The third-order valence-corrected chi connectivity index (χ3v) is 5.43. The molecule has 0 rings (SSSR count). The van der Waals surface area contributed by atoms with E-state index in [-0.39, 0.29) is 6.42 Å². The molecule has 0 atom stereocenters. The number of sulfonamides is 2. The van der Waals surface area contributed by atoms with Gasteiger partial charge in [0.15, 0.2) is 0 Å². The SMILES string of the molecule is CCC(C)(C)C(=O)NS(=O)(=O)C(F)(F)F.CCC(C)(C)C(=O)NS(C)(=O)=O. The maximum Gasteiger partial charge on any atom is 0.516 e. The van der Waals surface area contributed by atoms with Crippen molar-refractivity contribution >= 4 is 31.9 Å². The molecule has 0 aromatic carbocycles. The number of rotatable bonds is 6. The summed E-state index contributed by atoms with van der Waals surface area (Å²) >= 11 is 0. The van der Waals surface area contributed by atoms with Crippen LogP contribution in [-0.2, 0) is 29.6 Å². The van der Waals surface area contributed by atoms with Crippen LogP contribution in [0.3, 0.4) is 0 Å². The van der Waals surface area contributed by atoms with Gasteiger partial charge >= 0.3 is 15.5 Å². The fraction of sp³-hybridized carbons (Fsp3) is 0.857. The van der Waals surface area contributed by atoms with E-state index in [2.05, 4.69) is 0 Å². The van der Waals surface area contributed by atoms with Gasteiger partial charge in [-0.1, -0.05) is 41.5 Å². The van der Waals surface area contributed by atoms with Gasteiger partial charge in [-0.3, -0.25) is 14.3 Å². The molecule has 0 spiro atoms. The molecule has 8 nitrogen and oxygen atoms in total. The van der Waals surface area contributed by atoms with Gasteiger partial charge in [-0.2, -0.15) is 21.6 Å². The van der Waals surface area contributed by atoms with Crippen LogP contribution < -0.4 is 9.44 Å². The number of carbonyl (C=O) groups excluding carboxylic acids is 2. The first kappa shape index (κ1) is 27.8. The van der Waals surface area contributed by atoms with Crippen molar-refractivity contribution in [2.75, 3.05) is 6.26 Å². The third kappa shape index (κ3) is 9.94. The van der Waals surface area contributed by atoms with Gasteiger partial charge < -0.3 is 0 Å². The van der Waals surface area contributed by atoms with E-state index in [1.54, 1.807) is 20.8 Å². The molecule has 0 radical (unpaired) electrons. The first-order valence-corrected chi connectivity index (χ1v) is 11.2. The van der Waals surface area contributed by atoms with E-state index in [0.717, 1.165) is 11.0 Å². The lowest BCUT2D eigenvalue weighted by atomic mass is 9.90. The van der Waals surface area contributed by atoms with Gasteiger partial charge in [0, 0.05) is 10.8 Å². The maximum atomic E-state index is 11.9. The standard InChI is InChI=1S/C7H12F3NO3S.C7H15NO3S/c1-4-6(2,3)5(12)11-15(13,14)7(8,9)10;1-5-7(2,3)6(9)8-12(4,10)11/h4H2,1-3H3,(H,11,12);5H2,1-4H3,(H,8,9). The summed E-state index contributed by atoms with van der Waals surface area (Å²) in [6.07, 6.45) is 1.80. The van der Waals surface area contributed by atoms with E-state index in [9.17, 15) is 39.6 Å². The Hall–Kier alpha value is -1.37. The fourth-order valence-electron chi connectivity index (χ4n) is 0.946. The highest BCUT2D eigenvalue weighted by atomic mass is 32.2. The number of amides is 2. The van der Waals surface area contributed by atoms with Crippen molar-refractivity contribution in [2.45, 2.75) is 59.9 Å². The molecule has 0 unspecified atom stereocenters. The average Bonchev–Trinajstić information content (AvgIpc) is 2.44. The second kappa shape index (κ2) is 9.22. The Morgan fingerprint density at radius 3 is 1.30 bits per heavy atom. The minimum atomic E-state index is -5.59. The molecule has 0 fully saturated rings. The van der Waals surface area contributed by atoms with E-state index in [0.29, 0.717) is 6.42 Å². The highest BCUT2D eigenvalue weighted by Crippen LogP contribution is 2.25. The average molecular weight is 441 g/mol. The predicted octanol–water partition coefficient (Wildman–Crippen LogP) is 1.89. The van der Waals surface area contributed by atoms with Crippen molar-refractivity contribution in [1.82, 2.24) is 9.44 Å². The van der Waals surface area contributed by atoms with E-state index in [4.69, 9.17) is 0 Å². The zero-order chi connectivity index (χ0) is 22.5. The third-order valence-electron chi connectivity index (χ3n) is 3.81. The molecular formula is C14H27F3N2O6S2. The fourth-order valence-corrected chi connectivity index (χ4v) is 2.19. The number of carbonyl (C=O) groups is 2. The van der Waals surface area contributed by atoms with Crippen molar-refractivity contribution in [3.8, 4) is 0 Å². The molecule has 162 valence electrons. The monoisotopic (exact) mass is 440 g/mol. The number of halogens is 3. The van der Waals surface area contributed by atoms with Crippen molar-refractivity contribution in [2.24, 2.45) is 10.8 Å². The molecule has 0 heterocycles. The molecule has 0 aliphatic carbocycles. The van der Waals surface area contributed by atoms with Crippen LogP contribution in [0.25, 0.3) is 0 Å². The largest absolute Gasteiger partial charge is 0.516 e. The molecule has 0 aromatic heterocycles. The van der Waals surface area contributed by atoms with Crippen molar-refractivity contribution in [3.63, 3.8) is 0 Å². The number of hydrogen-bond donors (Lipinski definition) is 2. The molecule has 0 aromatic rings.